The van der Waals surface area contributed by atoms with Crippen LogP contribution < -0.4 is 5.73 Å². The van der Waals surface area contributed by atoms with Gasteiger partial charge in [0, 0.05) is 31.4 Å². The van der Waals surface area contributed by atoms with Gasteiger partial charge in [0.2, 0.25) is 0 Å². The minimum absolute atomic E-state index is 0.0380. The Morgan fingerprint density at radius 1 is 0.642 bits per heavy atom. The molecule has 1 aromatic rings. The molecule has 2 N–H and O–H groups in total. The van der Waals surface area contributed by atoms with Gasteiger partial charge in [-0.05, 0) is 132 Å². The van der Waals surface area contributed by atoms with Gasteiger partial charge in [-0.2, -0.15) is 0 Å². The number of rotatable bonds is 18. The van der Waals surface area contributed by atoms with Gasteiger partial charge in [-0.25, -0.2) is 0 Å². The maximum atomic E-state index is 13.3. The molecule has 1 aliphatic carbocycles. The number of nitrogens with two attached hydrogens (primary N) is 1. The minimum Gasteiger partial charge on any atom is -0.459 e. The normalized spacial score (nSPS) is 15.5. The molecule has 1 unspecified atom stereocenters. The van der Waals surface area contributed by atoms with Crippen LogP contribution in [-0.2, 0) is 44.5 Å². The van der Waals surface area contributed by atoms with E-state index < -0.39 is 46.3 Å². The van der Waals surface area contributed by atoms with E-state index in [-0.39, 0.29) is 37.6 Å². The maximum Gasteiger partial charge on any atom is 0.320 e. The Bertz CT molecular complexity index is 1290. The van der Waals surface area contributed by atoms with E-state index in [2.05, 4.69) is 11.8 Å². The van der Waals surface area contributed by atoms with Gasteiger partial charge in [-0.3, -0.25) is 29.0 Å². The van der Waals surface area contributed by atoms with E-state index in [4.69, 9.17) is 24.7 Å². The maximum absolute atomic E-state index is 13.3. The van der Waals surface area contributed by atoms with Gasteiger partial charge < -0.3 is 29.6 Å². The molecule has 1 aliphatic rings. The summed E-state index contributed by atoms with van der Waals surface area (Å²) in [6.45, 7) is 26.1. The summed E-state index contributed by atoms with van der Waals surface area (Å²) in [5.41, 5.74) is 4.76. The molecule has 0 bridgehead atoms. The minimum atomic E-state index is -0.697. The molecule has 0 spiro atoms. The van der Waals surface area contributed by atoms with Crippen LogP contribution in [0.1, 0.15) is 115 Å². The van der Waals surface area contributed by atoms with Gasteiger partial charge in [0.1, 0.15) is 22.4 Å². The predicted molar refractivity (Wildman–Crippen MR) is 208 cm³/mol. The lowest BCUT2D eigenvalue weighted by atomic mass is 9.68. The van der Waals surface area contributed by atoms with Crippen LogP contribution in [0.3, 0.4) is 0 Å². The van der Waals surface area contributed by atoms with Crippen molar-refractivity contribution in [3.8, 4) is 0 Å². The number of esters is 4. The van der Waals surface area contributed by atoms with E-state index in [0.717, 1.165) is 24.8 Å². The van der Waals surface area contributed by atoms with Crippen molar-refractivity contribution in [1.29, 1.82) is 0 Å². The number of likely N-dealkylation sites (N-methyl/N-ethyl adjacent to an activating group) is 1. The van der Waals surface area contributed by atoms with Crippen LogP contribution >= 0.6 is 0 Å². The molecule has 2 rings (SSSR count). The summed E-state index contributed by atoms with van der Waals surface area (Å²) < 4.78 is 22.8. The largest absolute Gasteiger partial charge is 0.459 e. The number of anilines is 1. The van der Waals surface area contributed by atoms with E-state index in [9.17, 15) is 19.2 Å². The van der Waals surface area contributed by atoms with E-state index in [1.54, 1.807) is 0 Å². The number of nitrogens with zero attached hydrogens (tertiary/aromatic N) is 3. The van der Waals surface area contributed by atoms with Gasteiger partial charge in [-0.1, -0.05) is 25.5 Å². The van der Waals surface area contributed by atoms with Crippen molar-refractivity contribution in [2.45, 2.75) is 144 Å². The molecule has 1 aromatic carbocycles. The fraction of sp³-hybridized carbons (Fsp3) is 0.756. The smallest absolute Gasteiger partial charge is 0.320 e. The van der Waals surface area contributed by atoms with Crippen LogP contribution in [0.4, 0.5) is 5.69 Å². The number of carbonyl (C=O) groups is 4. The Labute approximate surface area is 319 Å². The standard InChI is InChI=1S/C41H70N4O8/c1-14-43(28-41(20-15-21-41)29-44(24-33(46)50-37(2,3)4)25-34(47)51-38(5,6)7)23-32(22-30-16-18-31(42)19-17-30)45(26-35(48)52-39(8,9)10)27-36(49)53-40(11,12)13/h16-19,32H,14-15,20-29,42H2,1-13H3. The zero-order valence-electron chi connectivity index (χ0n) is 35.1. The zero-order chi connectivity index (χ0) is 40.4. The average molecular weight is 747 g/mol. The lowest BCUT2D eigenvalue weighted by Crippen LogP contribution is -2.55. The summed E-state index contributed by atoms with van der Waals surface area (Å²) in [7, 11) is 0. The molecule has 12 nitrogen and oxygen atoms in total. The number of nitrogen functional groups attached to an aromatic ring is 1. The molecule has 0 amide bonds. The highest BCUT2D eigenvalue weighted by molar-refractivity contribution is 5.76. The Balaban J connectivity index is 2.45. The van der Waals surface area contributed by atoms with E-state index in [1.165, 1.54) is 0 Å². The van der Waals surface area contributed by atoms with Crippen molar-refractivity contribution >= 4 is 29.6 Å². The molecular weight excluding hydrogens is 676 g/mol. The monoisotopic (exact) mass is 747 g/mol. The second-order valence-electron chi connectivity index (χ2n) is 18.7. The number of hydrogen-bond acceptors (Lipinski definition) is 12. The molecule has 302 valence electrons. The third-order valence-electron chi connectivity index (χ3n) is 8.47. The van der Waals surface area contributed by atoms with Crippen LogP contribution in [0.15, 0.2) is 24.3 Å². The highest BCUT2D eigenvalue weighted by Gasteiger charge is 2.42. The van der Waals surface area contributed by atoms with Gasteiger partial charge in [0.15, 0.2) is 0 Å². The molecule has 0 radical (unpaired) electrons. The quantitative estimate of drug-likeness (QED) is 0.113. The van der Waals surface area contributed by atoms with E-state index in [0.29, 0.717) is 38.3 Å². The van der Waals surface area contributed by atoms with Crippen LogP contribution in [-0.4, -0.2) is 119 Å². The van der Waals surface area contributed by atoms with Gasteiger partial charge in [0.25, 0.3) is 0 Å². The number of ether oxygens (including phenoxy) is 4. The first-order chi connectivity index (χ1) is 24.1. The van der Waals surface area contributed by atoms with Gasteiger partial charge >= 0.3 is 23.9 Å². The average Bonchev–Trinajstić information content (AvgIpc) is 2.91. The van der Waals surface area contributed by atoms with Crippen LogP contribution in [0, 0.1) is 5.41 Å². The SMILES string of the molecule is CCN(CC(Cc1ccc(N)cc1)N(CC(=O)OC(C)(C)C)CC(=O)OC(C)(C)C)CC1(CN(CC(=O)OC(C)(C)C)CC(=O)OC(C)(C)C)CCC1. The lowest BCUT2D eigenvalue weighted by Gasteiger charge is -2.48. The number of hydrogen-bond donors (Lipinski definition) is 1. The molecule has 0 heterocycles. The summed E-state index contributed by atoms with van der Waals surface area (Å²) in [6.07, 6.45) is 3.41. The summed E-state index contributed by atoms with van der Waals surface area (Å²) in [4.78, 5) is 58.8. The molecule has 1 atom stereocenters. The van der Waals surface area contributed by atoms with Crippen LogP contribution in [0.2, 0.25) is 0 Å². The lowest BCUT2D eigenvalue weighted by molar-refractivity contribution is -0.163. The summed E-state index contributed by atoms with van der Waals surface area (Å²) in [5.74, 6) is -1.65. The number of benzene rings is 1. The van der Waals surface area contributed by atoms with Gasteiger partial charge in [-0.15, -0.1) is 0 Å². The zero-order valence-corrected chi connectivity index (χ0v) is 35.1. The Morgan fingerprint density at radius 3 is 1.36 bits per heavy atom. The van der Waals surface area contributed by atoms with Crippen molar-refractivity contribution in [1.82, 2.24) is 14.7 Å². The van der Waals surface area contributed by atoms with E-state index in [1.807, 2.05) is 117 Å². The van der Waals surface area contributed by atoms with Crippen LogP contribution in [0.25, 0.3) is 0 Å². The topological polar surface area (TPSA) is 141 Å². The molecule has 53 heavy (non-hydrogen) atoms. The first-order valence-electron chi connectivity index (χ1n) is 19.1. The molecule has 0 saturated heterocycles. The van der Waals surface area contributed by atoms with Crippen molar-refractivity contribution in [2.24, 2.45) is 5.41 Å². The summed E-state index contributed by atoms with van der Waals surface area (Å²) >= 11 is 0. The fourth-order valence-electron chi connectivity index (χ4n) is 6.50. The highest BCUT2D eigenvalue weighted by atomic mass is 16.6. The molecule has 0 aliphatic heterocycles. The molecule has 1 fully saturated rings. The summed E-state index contributed by atoms with van der Waals surface area (Å²) in [6, 6.07) is 7.36. The Kier molecular flexibility index (Phi) is 16.4. The first-order valence-corrected chi connectivity index (χ1v) is 19.1. The van der Waals surface area contributed by atoms with Crippen molar-refractivity contribution < 1.29 is 38.1 Å². The van der Waals surface area contributed by atoms with E-state index >= 15 is 0 Å². The molecule has 12 heteroatoms. The first kappa shape index (κ1) is 45.9. The predicted octanol–water partition coefficient (Wildman–Crippen LogP) is 5.64. The molecular formula is C41H70N4O8. The van der Waals surface area contributed by atoms with Crippen molar-refractivity contribution in [3.05, 3.63) is 29.8 Å². The second kappa shape index (κ2) is 18.9. The van der Waals surface area contributed by atoms with Crippen LogP contribution in [0.5, 0.6) is 0 Å². The van der Waals surface area contributed by atoms with Gasteiger partial charge in [0.05, 0.1) is 26.2 Å². The fourth-order valence-corrected chi connectivity index (χ4v) is 6.50. The Hall–Kier alpha value is -3.22. The second-order valence-corrected chi connectivity index (χ2v) is 18.7. The highest BCUT2D eigenvalue weighted by Crippen LogP contribution is 2.42. The Morgan fingerprint density at radius 2 is 1.02 bits per heavy atom. The molecule has 1 saturated carbocycles. The van der Waals surface area contributed by atoms with Crippen molar-refractivity contribution in [3.63, 3.8) is 0 Å². The molecule has 0 aromatic heterocycles. The number of carbonyl (C=O) groups excluding carboxylic acids is 4. The third-order valence-corrected chi connectivity index (χ3v) is 8.47. The summed E-state index contributed by atoms with van der Waals surface area (Å²) in [5, 5.41) is 0. The van der Waals surface area contributed by atoms with Crippen molar-refractivity contribution in [2.75, 3.05) is 58.1 Å². The third kappa shape index (κ3) is 19.1.